The fraction of sp³-hybridized carbons (Fsp3) is 0.300. The molecule has 2 aliphatic rings. The van der Waals surface area contributed by atoms with Crippen LogP contribution < -0.4 is 10.6 Å². The molecule has 0 bridgehead atoms. The van der Waals surface area contributed by atoms with Gasteiger partial charge in [-0.1, -0.05) is 13.0 Å². The molecular formula is C30H32N6O2. The van der Waals surface area contributed by atoms with Crippen LogP contribution in [-0.4, -0.2) is 63.2 Å². The average molecular weight is 509 g/mol. The molecule has 38 heavy (non-hydrogen) atoms. The van der Waals surface area contributed by atoms with Gasteiger partial charge in [0.1, 0.15) is 0 Å². The van der Waals surface area contributed by atoms with Crippen molar-refractivity contribution in [3.05, 3.63) is 83.7 Å². The third-order valence-electron chi connectivity index (χ3n) is 7.86. The van der Waals surface area contributed by atoms with E-state index in [0.29, 0.717) is 18.2 Å². The van der Waals surface area contributed by atoms with E-state index in [-0.39, 0.29) is 11.8 Å². The highest BCUT2D eigenvalue weighted by atomic mass is 16.2. The van der Waals surface area contributed by atoms with E-state index in [1.807, 2.05) is 58.0 Å². The van der Waals surface area contributed by atoms with Gasteiger partial charge >= 0.3 is 0 Å². The van der Waals surface area contributed by atoms with E-state index in [0.717, 1.165) is 72.0 Å². The number of pyridine rings is 1. The third-order valence-corrected chi connectivity index (χ3v) is 7.86. The Hall–Kier alpha value is -4.17. The highest BCUT2D eigenvalue weighted by Gasteiger charge is 2.24. The van der Waals surface area contributed by atoms with E-state index in [1.165, 1.54) is 0 Å². The number of nitrogens with one attached hydrogen (secondary N) is 2. The average Bonchev–Trinajstić information content (AvgIpc) is 3.60. The Labute approximate surface area is 222 Å². The van der Waals surface area contributed by atoms with Crippen LogP contribution in [0, 0.1) is 0 Å². The molecule has 2 N–H and O–H groups in total. The number of nitrogens with zero attached hydrogens (tertiary/aromatic N) is 4. The van der Waals surface area contributed by atoms with Crippen LogP contribution in [0.1, 0.15) is 46.5 Å². The maximum Gasteiger partial charge on any atom is 0.253 e. The van der Waals surface area contributed by atoms with Gasteiger partial charge in [0, 0.05) is 68.0 Å². The minimum absolute atomic E-state index is 0.0178. The first kappa shape index (κ1) is 24.2. The lowest BCUT2D eigenvalue weighted by molar-refractivity contribution is 0.0579. The largest absolute Gasteiger partial charge is 0.352 e. The number of benzene rings is 2. The van der Waals surface area contributed by atoms with Crippen molar-refractivity contribution in [3.63, 3.8) is 0 Å². The molecule has 2 aliphatic heterocycles. The Morgan fingerprint density at radius 3 is 2.61 bits per heavy atom. The van der Waals surface area contributed by atoms with Crippen molar-refractivity contribution in [1.82, 2.24) is 24.5 Å². The van der Waals surface area contributed by atoms with Gasteiger partial charge in [-0.15, -0.1) is 0 Å². The fourth-order valence-corrected chi connectivity index (χ4v) is 5.40. The summed E-state index contributed by atoms with van der Waals surface area (Å²) in [6, 6.07) is 18.2. The summed E-state index contributed by atoms with van der Waals surface area (Å²) in [5, 5.41) is 6.34. The highest BCUT2D eigenvalue weighted by Crippen LogP contribution is 2.30. The molecule has 1 fully saturated rings. The minimum atomic E-state index is -0.0178. The maximum atomic E-state index is 13.1. The first-order chi connectivity index (χ1) is 18.5. The van der Waals surface area contributed by atoms with Gasteiger partial charge in [-0.3, -0.25) is 18.9 Å². The standard InChI is InChI=1S/C30H32N6O2/c1-3-20(2)34-14-16-35(17-15-34)30(38)21-4-7-24(8-5-21)33-26-10-11-27(36-13-12-31-28(26)36)22-6-9-25-23(18-22)19-32-29(25)37/h4-13,18,20,33H,3,14-17,19H2,1-2H3,(H,32,37). The molecule has 8 heteroatoms. The zero-order valence-corrected chi connectivity index (χ0v) is 21.8. The van der Waals surface area contributed by atoms with Crippen molar-refractivity contribution in [3.8, 4) is 11.3 Å². The van der Waals surface area contributed by atoms with E-state index in [9.17, 15) is 9.59 Å². The number of aromatic nitrogens is 2. The number of imidazole rings is 1. The number of piperazine rings is 1. The second-order valence-corrected chi connectivity index (χ2v) is 10.1. The van der Waals surface area contributed by atoms with Gasteiger partial charge in [0.15, 0.2) is 5.65 Å². The third kappa shape index (κ3) is 4.41. The number of hydrogen-bond acceptors (Lipinski definition) is 5. The predicted octanol–water partition coefficient (Wildman–Crippen LogP) is 4.54. The summed E-state index contributed by atoms with van der Waals surface area (Å²) in [6.07, 6.45) is 4.85. The molecule has 2 aromatic heterocycles. The number of carbonyl (C=O) groups excluding carboxylic acids is 2. The Kier molecular flexibility index (Phi) is 6.33. The summed E-state index contributed by atoms with van der Waals surface area (Å²) < 4.78 is 2.05. The van der Waals surface area contributed by atoms with Crippen molar-refractivity contribution in [2.75, 3.05) is 31.5 Å². The van der Waals surface area contributed by atoms with Gasteiger partial charge in [-0.05, 0) is 73.0 Å². The molecule has 0 radical (unpaired) electrons. The van der Waals surface area contributed by atoms with Crippen LogP contribution in [0.2, 0.25) is 0 Å². The van der Waals surface area contributed by atoms with Gasteiger partial charge in [0.25, 0.3) is 11.8 Å². The van der Waals surface area contributed by atoms with Gasteiger partial charge in [0.05, 0.1) is 11.4 Å². The number of carbonyl (C=O) groups is 2. The SMILES string of the molecule is CCC(C)N1CCN(C(=O)c2ccc(Nc3ccc(-c4ccc5c(c4)CNC5=O)n4ccnc34)cc2)CC1. The van der Waals surface area contributed by atoms with Crippen LogP contribution in [0.4, 0.5) is 11.4 Å². The lowest BCUT2D eigenvalue weighted by Gasteiger charge is -2.37. The molecular weight excluding hydrogens is 476 g/mol. The molecule has 0 saturated carbocycles. The second-order valence-electron chi connectivity index (χ2n) is 10.1. The first-order valence-electron chi connectivity index (χ1n) is 13.3. The lowest BCUT2D eigenvalue weighted by atomic mass is 10.0. The number of fused-ring (bicyclic) bond motifs is 2. The smallest absolute Gasteiger partial charge is 0.253 e. The van der Waals surface area contributed by atoms with Crippen LogP contribution in [0.3, 0.4) is 0 Å². The Morgan fingerprint density at radius 1 is 1.05 bits per heavy atom. The lowest BCUT2D eigenvalue weighted by Crippen LogP contribution is -2.51. The number of amides is 2. The number of anilines is 2. The van der Waals surface area contributed by atoms with Gasteiger partial charge in [0.2, 0.25) is 0 Å². The molecule has 4 aromatic rings. The van der Waals surface area contributed by atoms with Crippen molar-refractivity contribution in [1.29, 1.82) is 0 Å². The maximum absolute atomic E-state index is 13.1. The second kappa shape index (κ2) is 9.95. The topological polar surface area (TPSA) is 82.0 Å². The summed E-state index contributed by atoms with van der Waals surface area (Å²) in [6.45, 7) is 8.41. The van der Waals surface area contributed by atoms with Crippen LogP contribution >= 0.6 is 0 Å². The molecule has 6 rings (SSSR count). The van der Waals surface area contributed by atoms with E-state index in [2.05, 4.69) is 46.5 Å². The Morgan fingerprint density at radius 2 is 1.84 bits per heavy atom. The van der Waals surface area contributed by atoms with Crippen molar-refractivity contribution < 1.29 is 9.59 Å². The van der Waals surface area contributed by atoms with E-state index < -0.39 is 0 Å². The molecule has 2 amide bonds. The Balaban J connectivity index is 1.17. The zero-order valence-electron chi connectivity index (χ0n) is 21.8. The van der Waals surface area contributed by atoms with Crippen LogP contribution in [0.5, 0.6) is 0 Å². The van der Waals surface area contributed by atoms with E-state index >= 15 is 0 Å². The summed E-state index contributed by atoms with van der Waals surface area (Å²) in [4.78, 5) is 34.0. The molecule has 194 valence electrons. The highest BCUT2D eigenvalue weighted by molar-refractivity contribution is 5.99. The Bertz CT molecular complexity index is 1500. The zero-order chi connectivity index (χ0) is 26.2. The molecule has 1 unspecified atom stereocenters. The fourth-order valence-electron chi connectivity index (χ4n) is 5.40. The summed E-state index contributed by atoms with van der Waals surface area (Å²) in [5.41, 5.74) is 7.05. The number of rotatable bonds is 6. The van der Waals surface area contributed by atoms with Gasteiger partial charge in [-0.25, -0.2) is 4.98 Å². The first-order valence-corrected chi connectivity index (χ1v) is 13.3. The predicted molar refractivity (Wildman–Crippen MR) is 149 cm³/mol. The minimum Gasteiger partial charge on any atom is -0.352 e. The van der Waals surface area contributed by atoms with Crippen LogP contribution in [0.15, 0.2) is 67.0 Å². The molecule has 0 aliphatic carbocycles. The summed E-state index contributed by atoms with van der Waals surface area (Å²) in [7, 11) is 0. The number of hydrogen-bond donors (Lipinski definition) is 2. The van der Waals surface area contributed by atoms with Crippen molar-refractivity contribution >= 4 is 28.8 Å². The molecule has 1 atom stereocenters. The molecule has 0 spiro atoms. The van der Waals surface area contributed by atoms with Crippen LogP contribution in [-0.2, 0) is 6.54 Å². The van der Waals surface area contributed by atoms with Crippen molar-refractivity contribution in [2.45, 2.75) is 32.9 Å². The van der Waals surface area contributed by atoms with Crippen LogP contribution in [0.25, 0.3) is 16.9 Å². The van der Waals surface area contributed by atoms with E-state index in [4.69, 9.17) is 0 Å². The molecule has 1 saturated heterocycles. The monoisotopic (exact) mass is 508 g/mol. The quantitative estimate of drug-likeness (QED) is 0.400. The van der Waals surface area contributed by atoms with Gasteiger partial charge < -0.3 is 15.5 Å². The summed E-state index contributed by atoms with van der Waals surface area (Å²) in [5.74, 6) is 0.0716. The molecule has 8 nitrogen and oxygen atoms in total. The normalized spacial score (nSPS) is 16.4. The van der Waals surface area contributed by atoms with E-state index in [1.54, 1.807) is 6.20 Å². The molecule has 2 aromatic carbocycles. The van der Waals surface area contributed by atoms with Gasteiger partial charge in [-0.2, -0.15) is 0 Å². The summed E-state index contributed by atoms with van der Waals surface area (Å²) >= 11 is 0. The molecule has 4 heterocycles. The van der Waals surface area contributed by atoms with Crippen molar-refractivity contribution in [2.24, 2.45) is 0 Å².